The average molecular weight is 545 g/mol. The number of aliphatic imine (C=N–C) groups is 1. The lowest BCUT2D eigenvalue weighted by Crippen LogP contribution is -2.57. The molecule has 4 amide bonds. The predicted molar refractivity (Wildman–Crippen MR) is 141 cm³/mol. The van der Waals surface area contributed by atoms with E-state index >= 15 is 0 Å². The molecule has 0 aromatic rings. The van der Waals surface area contributed by atoms with Crippen LogP contribution in [-0.2, 0) is 24.0 Å². The van der Waals surface area contributed by atoms with Crippen LogP contribution in [0.25, 0.3) is 0 Å². The van der Waals surface area contributed by atoms with Crippen LogP contribution in [0, 0.1) is 0 Å². The molecule has 4 unspecified atom stereocenters. The van der Waals surface area contributed by atoms with Crippen LogP contribution in [0.5, 0.6) is 0 Å². The fraction of sp³-hybridized carbons (Fsp3) is 0.727. The van der Waals surface area contributed by atoms with Gasteiger partial charge in [0, 0.05) is 6.54 Å². The van der Waals surface area contributed by atoms with Crippen LogP contribution in [0.4, 0.5) is 0 Å². The Bertz CT molecular complexity index is 805. The van der Waals surface area contributed by atoms with Gasteiger partial charge in [-0.15, -0.1) is 0 Å². The van der Waals surface area contributed by atoms with Crippen molar-refractivity contribution >= 4 is 35.6 Å². The Hall–Kier alpha value is -3.50. The fourth-order valence-corrected chi connectivity index (χ4v) is 3.40. The van der Waals surface area contributed by atoms with Gasteiger partial charge in [-0.1, -0.05) is 6.42 Å². The van der Waals surface area contributed by atoms with Gasteiger partial charge in [0.05, 0.1) is 12.5 Å². The van der Waals surface area contributed by atoms with Gasteiger partial charge in [-0.2, -0.15) is 0 Å². The van der Waals surface area contributed by atoms with E-state index in [4.69, 9.17) is 34.4 Å². The number of rotatable bonds is 21. The zero-order chi connectivity index (χ0) is 29.1. The van der Waals surface area contributed by atoms with E-state index in [2.05, 4.69) is 20.9 Å². The van der Waals surface area contributed by atoms with Crippen molar-refractivity contribution in [2.75, 3.05) is 19.6 Å². The van der Waals surface area contributed by atoms with Crippen molar-refractivity contribution in [3.63, 3.8) is 0 Å². The molecular formula is C22H44N10O6. The topological polar surface area (TPSA) is 310 Å². The van der Waals surface area contributed by atoms with Crippen LogP contribution in [0.15, 0.2) is 4.99 Å². The van der Waals surface area contributed by atoms with E-state index in [0.717, 1.165) is 0 Å². The lowest BCUT2D eigenvalue weighted by atomic mass is 10.0. The molecule has 0 spiro atoms. The predicted octanol–water partition coefficient (Wildman–Crippen LogP) is -3.96. The maximum absolute atomic E-state index is 13.2. The molecule has 38 heavy (non-hydrogen) atoms. The number of nitrogens with two attached hydrogens (primary N) is 6. The molecule has 0 aliphatic rings. The maximum Gasteiger partial charge on any atom is 0.326 e. The molecule has 0 heterocycles. The minimum atomic E-state index is -1.59. The summed E-state index contributed by atoms with van der Waals surface area (Å²) >= 11 is 0. The van der Waals surface area contributed by atoms with Gasteiger partial charge in [0.15, 0.2) is 5.96 Å². The van der Waals surface area contributed by atoms with Crippen molar-refractivity contribution < 1.29 is 29.1 Å². The number of carbonyl (C=O) groups excluding carboxylic acids is 4. The number of amides is 4. The molecule has 218 valence electrons. The largest absolute Gasteiger partial charge is 0.480 e. The lowest BCUT2D eigenvalue weighted by molar-refractivity contribution is -0.143. The summed E-state index contributed by atoms with van der Waals surface area (Å²) in [5.41, 5.74) is 32.6. The van der Waals surface area contributed by atoms with Crippen LogP contribution < -0.4 is 50.4 Å². The Morgan fingerprint density at radius 2 is 1.16 bits per heavy atom. The Balaban J connectivity index is 5.61. The highest BCUT2D eigenvalue weighted by Crippen LogP contribution is 2.07. The highest BCUT2D eigenvalue weighted by molar-refractivity contribution is 5.94. The van der Waals surface area contributed by atoms with Crippen molar-refractivity contribution in [1.29, 1.82) is 0 Å². The van der Waals surface area contributed by atoms with Crippen LogP contribution in [-0.4, -0.2) is 84.5 Å². The summed E-state index contributed by atoms with van der Waals surface area (Å²) in [5.74, 6) is -4.63. The molecule has 0 fully saturated rings. The van der Waals surface area contributed by atoms with E-state index in [1.807, 2.05) is 0 Å². The number of primary amides is 1. The minimum Gasteiger partial charge on any atom is -0.480 e. The van der Waals surface area contributed by atoms with Crippen molar-refractivity contribution in [2.45, 2.75) is 82.0 Å². The van der Waals surface area contributed by atoms with Gasteiger partial charge in [-0.25, -0.2) is 4.79 Å². The van der Waals surface area contributed by atoms with E-state index < -0.39 is 60.2 Å². The summed E-state index contributed by atoms with van der Waals surface area (Å²) in [7, 11) is 0. The van der Waals surface area contributed by atoms with Gasteiger partial charge in [-0.05, 0) is 58.0 Å². The highest BCUT2D eigenvalue weighted by Gasteiger charge is 2.30. The van der Waals surface area contributed by atoms with Crippen LogP contribution in [0.2, 0.25) is 0 Å². The molecule has 0 saturated carbocycles. The van der Waals surface area contributed by atoms with Gasteiger partial charge in [0.25, 0.3) is 0 Å². The number of guanidine groups is 1. The first-order valence-electron chi connectivity index (χ1n) is 12.6. The van der Waals surface area contributed by atoms with Gasteiger partial charge in [0.2, 0.25) is 23.6 Å². The molecule has 0 radical (unpaired) electrons. The molecule has 0 aliphatic heterocycles. The van der Waals surface area contributed by atoms with Crippen molar-refractivity contribution in [1.82, 2.24) is 16.0 Å². The SMILES string of the molecule is NCCCCC(N)C(=O)NC(CCCCN)C(=O)NC(CCCN=C(N)N)C(=O)NC(CC(N)=O)C(=O)O. The average Bonchev–Trinajstić information content (AvgIpc) is 2.84. The number of hydrogen-bond donors (Lipinski definition) is 10. The highest BCUT2D eigenvalue weighted by atomic mass is 16.4. The first-order valence-corrected chi connectivity index (χ1v) is 12.6. The number of nitrogens with one attached hydrogen (secondary N) is 3. The van der Waals surface area contributed by atoms with E-state index in [0.29, 0.717) is 45.2 Å². The molecule has 16 N–H and O–H groups in total. The van der Waals surface area contributed by atoms with Gasteiger partial charge in [-0.3, -0.25) is 24.2 Å². The first kappa shape index (κ1) is 34.5. The van der Waals surface area contributed by atoms with Crippen LogP contribution in [0.3, 0.4) is 0 Å². The molecule has 4 atom stereocenters. The molecular weight excluding hydrogens is 500 g/mol. The van der Waals surface area contributed by atoms with E-state index in [9.17, 15) is 29.1 Å². The smallest absolute Gasteiger partial charge is 0.326 e. The normalized spacial score (nSPS) is 13.9. The standard InChI is InChI=1S/C22H44N10O6/c23-9-3-1-6-13(25)18(34)30-14(7-2-4-10-24)19(35)31-15(8-5-11-29-22(27)28)20(36)32-16(21(37)38)12-17(26)33/h13-16H,1-12,23-25H2,(H2,26,33)(H,30,34)(H,31,35)(H,32,36)(H,37,38)(H4,27,28,29). The molecule has 0 aromatic carbocycles. The Morgan fingerprint density at radius 1 is 0.684 bits per heavy atom. The number of carboxylic acid groups (broad SMARTS) is 1. The van der Waals surface area contributed by atoms with E-state index in [-0.39, 0.29) is 31.8 Å². The summed E-state index contributed by atoms with van der Waals surface area (Å²) in [6, 6.07) is -4.69. The summed E-state index contributed by atoms with van der Waals surface area (Å²) in [6.45, 7) is 0.986. The van der Waals surface area contributed by atoms with Crippen molar-refractivity contribution in [2.24, 2.45) is 39.4 Å². The summed E-state index contributed by atoms with van der Waals surface area (Å²) in [6.07, 6.45) is 2.69. The molecule has 0 rings (SSSR count). The molecule has 16 heteroatoms. The van der Waals surface area contributed by atoms with Gasteiger partial charge in [0.1, 0.15) is 18.1 Å². The molecule has 0 aromatic heterocycles. The minimum absolute atomic E-state index is 0.0271. The second kappa shape index (κ2) is 19.6. The molecule has 0 saturated heterocycles. The summed E-state index contributed by atoms with van der Waals surface area (Å²) in [4.78, 5) is 65.1. The molecule has 0 bridgehead atoms. The van der Waals surface area contributed by atoms with E-state index in [1.54, 1.807) is 0 Å². The zero-order valence-corrected chi connectivity index (χ0v) is 21.7. The van der Waals surface area contributed by atoms with Gasteiger partial charge < -0.3 is 55.5 Å². The second-order valence-electron chi connectivity index (χ2n) is 8.82. The Kier molecular flexibility index (Phi) is 17.8. The Morgan fingerprint density at radius 3 is 1.63 bits per heavy atom. The van der Waals surface area contributed by atoms with Gasteiger partial charge >= 0.3 is 5.97 Å². The zero-order valence-electron chi connectivity index (χ0n) is 21.7. The number of carbonyl (C=O) groups is 5. The third-order valence-electron chi connectivity index (χ3n) is 5.48. The summed E-state index contributed by atoms with van der Waals surface area (Å²) in [5, 5.41) is 16.7. The fourth-order valence-electron chi connectivity index (χ4n) is 3.40. The molecule has 16 nitrogen and oxygen atoms in total. The monoisotopic (exact) mass is 544 g/mol. The first-order chi connectivity index (χ1) is 17.9. The van der Waals surface area contributed by atoms with Crippen molar-refractivity contribution in [3.05, 3.63) is 0 Å². The van der Waals surface area contributed by atoms with Crippen molar-refractivity contribution in [3.8, 4) is 0 Å². The third kappa shape index (κ3) is 15.6. The van der Waals surface area contributed by atoms with Crippen LogP contribution >= 0.6 is 0 Å². The maximum atomic E-state index is 13.2. The summed E-state index contributed by atoms with van der Waals surface area (Å²) < 4.78 is 0. The number of carboxylic acids is 1. The Labute approximate surface area is 222 Å². The quantitative estimate of drug-likeness (QED) is 0.0377. The number of aliphatic carboxylic acids is 1. The second-order valence-corrected chi connectivity index (χ2v) is 8.82. The number of hydrogen-bond acceptors (Lipinski definition) is 9. The number of unbranched alkanes of at least 4 members (excludes halogenated alkanes) is 2. The third-order valence-corrected chi connectivity index (χ3v) is 5.48. The number of nitrogens with zero attached hydrogens (tertiary/aromatic N) is 1. The molecule has 0 aliphatic carbocycles. The van der Waals surface area contributed by atoms with E-state index in [1.165, 1.54) is 0 Å². The lowest BCUT2D eigenvalue weighted by Gasteiger charge is -2.25. The van der Waals surface area contributed by atoms with Crippen LogP contribution in [0.1, 0.15) is 57.8 Å².